The monoisotopic (exact) mass is 652 g/mol. The van der Waals surface area contributed by atoms with Gasteiger partial charge in [0.05, 0.1) is 19.8 Å². The number of ether oxygens (including phenoxy) is 8. The maximum Gasteiger partial charge on any atom is 0.231 e. The summed E-state index contributed by atoms with van der Waals surface area (Å²) >= 11 is 0. The van der Waals surface area contributed by atoms with Gasteiger partial charge in [0.1, 0.15) is 42.7 Å². The Balaban J connectivity index is 1.15. The predicted octanol–water partition coefficient (Wildman–Crippen LogP) is -1.57. The quantitative estimate of drug-likeness (QED) is 0.130. The van der Waals surface area contributed by atoms with Crippen LogP contribution in [0.1, 0.15) is 11.1 Å². The van der Waals surface area contributed by atoms with Crippen molar-refractivity contribution >= 4 is 0 Å². The van der Waals surface area contributed by atoms with Crippen molar-refractivity contribution in [1.82, 2.24) is 0 Å². The zero-order valence-corrected chi connectivity index (χ0v) is 24.9. The van der Waals surface area contributed by atoms with Crippen molar-refractivity contribution in [2.24, 2.45) is 11.8 Å². The molecule has 4 heterocycles. The van der Waals surface area contributed by atoms with Crippen LogP contribution in [0, 0.1) is 11.8 Å². The first kappa shape index (κ1) is 33.1. The molecule has 0 spiro atoms. The average Bonchev–Trinajstić information content (AvgIpc) is 3.80. The van der Waals surface area contributed by atoms with Crippen LogP contribution in [0.25, 0.3) is 0 Å². The summed E-state index contributed by atoms with van der Waals surface area (Å²) in [5.74, 6) is 1.85. The molecular weight excluding hydrogens is 612 g/mol. The zero-order chi connectivity index (χ0) is 32.4. The molecule has 0 radical (unpaired) electrons. The molecule has 0 bridgehead atoms. The molecule has 4 aliphatic heterocycles. The van der Waals surface area contributed by atoms with Crippen LogP contribution in [-0.4, -0.2) is 131 Å². The summed E-state index contributed by atoms with van der Waals surface area (Å²) in [7, 11) is 0. The van der Waals surface area contributed by atoms with E-state index in [1.165, 1.54) is 0 Å². The smallest absolute Gasteiger partial charge is 0.231 e. The highest BCUT2D eigenvalue weighted by Gasteiger charge is 2.47. The van der Waals surface area contributed by atoms with Crippen LogP contribution in [0.4, 0.5) is 0 Å². The molecule has 2 saturated heterocycles. The highest BCUT2D eigenvalue weighted by atomic mass is 16.7. The predicted molar refractivity (Wildman–Crippen MR) is 153 cm³/mol. The fraction of sp³-hybridized carbons (Fsp3) is 0.613. The van der Waals surface area contributed by atoms with Gasteiger partial charge in [-0.3, -0.25) is 0 Å². The summed E-state index contributed by atoms with van der Waals surface area (Å²) in [5.41, 5.74) is 1.81. The molecule has 0 saturated carbocycles. The van der Waals surface area contributed by atoms with Gasteiger partial charge >= 0.3 is 0 Å². The summed E-state index contributed by atoms with van der Waals surface area (Å²) in [5, 5.41) is 72.0. The molecule has 254 valence electrons. The van der Waals surface area contributed by atoms with Gasteiger partial charge in [-0.25, -0.2) is 0 Å². The van der Waals surface area contributed by atoms with Crippen LogP contribution < -0.4 is 18.9 Å². The van der Waals surface area contributed by atoms with E-state index in [-0.39, 0.29) is 38.6 Å². The van der Waals surface area contributed by atoms with E-state index in [9.17, 15) is 35.7 Å². The summed E-state index contributed by atoms with van der Waals surface area (Å²) in [4.78, 5) is 0. The molecular formula is C31H40O15. The van der Waals surface area contributed by atoms with Crippen LogP contribution in [0.3, 0.4) is 0 Å². The molecule has 15 nitrogen and oxygen atoms in total. The third kappa shape index (κ3) is 7.05. The topological polar surface area (TPSA) is 215 Å². The van der Waals surface area contributed by atoms with E-state index in [1.807, 2.05) is 36.4 Å². The van der Waals surface area contributed by atoms with E-state index < -0.39 is 68.5 Å². The molecule has 0 aromatic heterocycles. The molecule has 4 aliphatic rings. The number of aliphatic hydroxyl groups is 7. The van der Waals surface area contributed by atoms with Crippen molar-refractivity contribution in [3.8, 4) is 23.0 Å². The van der Waals surface area contributed by atoms with Crippen molar-refractivity contribution in [3.63, 3.8) is 0 Å². The molecule has 0 amide bonds. The van der Waals surface area contributed by atoms with E-state index >= 15 is 0 Å². The molecule has 2 fully saturated rings. The fourth-order valence-corrected chi connectivity index (χ4v) is 6.09. The third-order valence-corrected chi connectivity index (χ3v) is 8.84. The Bertz CT molecular complexity index is 1310. The number of aliphatic hydroxyl groups excluding tert-OH is 7. The summed E-state index contributed by atoms with van der Waals surface area (Å²) < 4.78 is 44.6. The maximum absolute atomic E-state index is 10.7. The van der Waals surface area contributed by atoms with Crippen LogP contribution in [0.2, 0.25) is 0 Å². The summed E-state index contributed by atoms with van der Waals surface area (Å²) in [6, 6.07) is 11.2. The molecule has 2 aromatic carbocycles. The first-order valence-corrected chi connectivity index (χ1v) is 15.2. The Morgan fingerprint density at radius 1 is 0.609 bits per heavy atom. The van der Waals surface area contributed by atoms with Gasteiger partial charge < -0.3 is 73.6 Å². The number of benzene rings is 2. The van der Waals surface area contributed by atoms with Crippen molar-refractivity contribution < 1.29 is 73.6 Å². The Hall–Kier alpha value is -2.80. The molecule has 15 heteroatoms. The van der Waals surface area contributed by atoms with Crippen LogP contribution in [0.15, 0.2) is 36.4 Å². The normalized spacial score (nSPS) is 32.9. The second kappa shape index (κ2) is 14.5. The Kier molecular flexibility index (Phi) is 10.5. The van der Waals surface area contributed by atoms with E-state index in [2.05, 4.69) is 0 Å². The SMILES string of the molecule is OCC(Cc1ccc2c(c1)OCO2)C(COC1OC(COC2OC(CO)C(O)C2O)C(O)C(O)C1O)Cc1ccc2c(c1)OCO2. The Morgan fingerprint density at radius 3 is 1.72 bits per heavy atom. The standard InChI is InChI=1S/C31H40O15/c32-9-17(5-15-1-3-19-21(7-15)43-13-41-19)18(6-16-2-4-20-22(8-16)44-14-42-20)11-39-31-29(38)27(36)26(35)24(46-31)12-40-30-28(37)25(34)23(10-33)45-30/h1-4,7-8,17-18,23-38H,5-6,9-14H2. The molecule has 2 aromatic rings. The molecule has 0 aliphatic carbocycles. The van der Waals surface area contributed by atoms with E-state index in [0.29, 0.717) is 35.8 Å². The van der Waals surface area contributed by atoms with Gasteiger partial charge in [-0.2, -0.15) is 0 Å². The first-order valence-electron chi connectivity index (χ1n) is 15.2. The lowest BCUT2D eigenvalue weighted by atomic mass is 9.83. The van der Waals surface area contributed by atoms with Gasteiger partial charge in [0.2, 0.25) is 13.6 Å². The third-order valence-electron chi connectivity index (χ3n) is 8.84. The minimum Gasteiger partial charge on any atom is -0.454 e. The fourth-order valence-electron chi connectivity index (χ4n) is 6.09. The van der Waals surface area contributed by atoms with Gasteiger partial charge in [0.15, 0.2) is 35.6 Å². The summed E-state index contributed by atoms with van der Waals surface area (Å²) in [6.45, 7) is -0.891. The second-order valence-corrected chi connectivity index (χ2v) is 11.9. The summed E-state index contributed by atoms with van der Waals surface area (Å²) in [6.07, 6.45) is -11.8. The Labute approximate surface area is 264 Å². The van der Waals surface area contributed by atoms with Crippen molar-refractivity contribution in [2.45, 2.75) is 68.1 Å². The minimum absolute atomic E-state index is 0.0167. The van der Waals surface area contributed by atoms with Gasteiger partial charge in [0, 0.05) is 6.61 Å². The number of fused-ring (bicyclic) bond motifs is 2. The Morgan fingerprint density at radius 2 is 1.13 bits per heavy atom. The van der Waals surface area contributed by atoms with Crippen molar-refractivity contribution in [1.29, 1.82) is 0 Å². The first-order chi connectivity index (χ1) is 22.2. The lowest BCUT2D eigenvalue weighted by Crippen LogP contribution is -2.59. The van der Waals surface area contributed by atoms with Crippen LogP contribution in [0.5, 0.6) is 23.0 Å². The van der Waals surface area contributed by atoms with Crippen molar-refractivity contribution in [2.75, 3.05) is 40.0 Å². The van der Waals surface area contributed by atoms with Gasteiger partial charge in [-0.1, -0.05) is 12.1 Å². The highest BCUT2D eigenvalue weighted by Crippen LogP contribution is 2.36. The molecule has 46 heavy (non-hydrogen) atoms. The number of hydrogen-bond acceptors (Lipinski definition) is 15. The van der Waals surface area contributed by atoms with Gasteiger partial charge in [-0.05, 0) is 60.1 Å². The van der Waals surface area contributed by atoms with Crippen LogP contribution in [-0.2, 0) is 31.8 Å². The number of rotatable bonds is 13. The number of hydrogen-bond donors (Lipinski definition) is 7. The highest BCUT2D eigenvalue weighted by molar-refractivity contribution is 5.45. The average molecular weight is 653 g/mol. The largest absolute Gasteiger partial charge is 0.454 e. The maximum atomic E-state index is 10.7. The molecule has 11 atom stereocenters. The molecule has 7 N–H and O–H groups in total. The minimum atomic E-state index is -1.66. The van der Waals surface area contributed by atoms with Gasteiger partial charge in [0.25, 0.3) is 0 Å². The van der Waals surface area contributed by atoms with E-state index in [0.717, 1.165) is 11.1 Å². The lowest BCUT2D eigenvalue weighted by Gasteiger charge is -2.41. The van der Waals surface area contributed by atoms with E-state index in [4.69, 9.17) is 37.9 Å². The van der Waals surface area contributed by atoms with Crippen LogP contribution >= 0.6 is 0 Å². The van der Waals surface area contributed by atoms with E-state index in [1.54, 1.807) is 0 Å². The van der Waals surface area contributed by atoms with Crippen molar-refractivity contribution in [3.05, 3.63) is 47.5 Å². The lowest BCUT2D eigenvalue weighted by molar-refractivity contribution is -0.312. The van der Waals surface area contributed by atoms with Gasteiger partial charge in [-0.15, -0.1) is 0 Å². The second-order valence-electron chi connectivity index (χ2n) is 11.9. The zero-order valence-electron chi connectivity index (χ0n) is 24.9. The molecule has 6 rings (SSSR count). The molecule has 11 unspecified atom stereocenters.